The fraction of sp³-hybridized carbons (Fsp3) is 0.273. The molecule has 2 aromatic rings. The van der Waals surface area contributed by atoms with Crippen LogP contribution in [0.3, 0.4) is 0 Å². The van der Waals surface area contributed by atoms with Crippen LogP contribution in [-0.4, -0.2) is 17.3 Å². The van der Waals surface area contributed by atoms with E-state index in [2.05, 4.69) is 4.37 Å². The largest absolute Gasteiger partial charge is 0.305 e. The van der Waals surface area contributed by atoms with Gasteiger partial charge in [0.2, 0.25) is 5.91 Å². The molecule has 4 heteroatoms. The Morgan fingerprint density at radius 2 is 2.20 bits per heavy atom. The van der Waals surface area contributed by atoms with E-state index in [0.29, 0.717) is 6.42 Å². The first-order valence-electron chi connectivity index (χ1n) is 4.85. The van der Waals surface area contributed by atoms with Crippen molar-refractivity contribution in [2.24, 2.45) is 0 Å². The molecule has 2 rings (SSSR count). The van der Waals surface area contributed by atoms with Crippen molar-refractivity contribution < 1.29 is 4.79 Å². The lowest BCUT2D eigenvalue weighted by atomic mass is 10.2. The number of aromatic nitrogens is 1. The second kappa shape index (κ2) is 3.98. The van der Waals surface area contributed by atoms with Crippen LogP contribution in [-0.2, 0) is 4.79 Å². The maximum Gasteiger partial charge on any atom is 0.227 e. The molecule has 0 radical (unpaired) electrons. The zero-order chi connectivity index (χ0) is 10.8. The molecule has 0 N–H and O–H groups in total. The minimum atomic E-state index is 0.115. The molecule has 0 aliphatic rings. The van der Waals surface area contributed by atoms with Gasteiger partial charge in [0.1, 0.15) is 5.00 Å². The fourth-order valence-corrected chi connectivity index (χ4v) is 2.31. The van der Waals surface area contributed by atoms with Crippen molar-refractivity contribution in [3.63, 3.8) is 0 Å². The number of carbonyl (C=O) groups excluding carboxylic acids is 1. The molecular formula is C11H12N2OS. The van der Waals surface area contributed by atoms with E-state index < -0.39 is 0 Å². The van der Waals surface area contributed by atoms with Crippen molar-refractivity contribution in [2.45, 2.75) is 13.3 Å². The van der Waals surface area contributed by atoms with Gasteiger partial charge in [0, 0.05) is 18.9 Å². The molecule has 0 aliphatic carbocycles. The van der Waals surface area contributed by atoms with E-state index in [9.17, 15) is 4.79 Å². The van der Waals surface area contributed by atoms with Crippen molar-refractivity contribution in [1.29, 1.82) is 0 Å². The second-order valence-corrected chi connectivity index (χ2v) is 4.06. The summed E-state index contributed by atoms with van der Waals surface area (Å²) < 4.78 is 4.30. The number of anilines is 1. The Morgan fingerprint density at radius 1 is 1.47 bits per heavy atom. The zero-order valence-corrected chi connectivity index (χ0v) is 9.54. The van der Waals surface area contributed by atoms with Crippen LogP contribution < -0.4 is 4.90 Å². The van der Waals surface area contributed by atoms with Crippen molar-refractivity contribution >= 4 is 33.3 Å². The van der Waals surface area contributed by atoms with Crippen molar-refractivity contribution in [1.82, 2.24) is 4.37 Å². The van der Waals surface area contributed by atoms with Crippen LogP contribution in [0.15, 0.2) is 24.3 Å². The van der Waals surface area contributed by atoms with Crippen molar-refractivity contribution in [3.8, 4) is 0 Å². The molecule has 0 spiro atoms. The third kappa shape index (κ3) is 1.72. The van der Waals surface area contributed by atoms with E-state index in [0.717, 1.165) is 15.9 Å². The van der Waals surface area contributed by atoms with Gasteiger partial charge in [-0.25, -0.2) is 0 Å². The van der Waals surface area contributed by atoms with Gasteiger partial charge >= 0.3 is 0 Å². The fourth-order valence-electron chi connectivity index (χ4n) is 1.47. The summed E-state index contributed by atoms with van der Waals surface area (Å²) >= 11 is 1.37. The summed E-state index contributed by atoms with van der Waals surface area (Å²) in [6, 6.07) is 7.87. The van der Waals surface area contributed by atoms with Gasteiger partial charge in [-0.2, -0.15) is 4.37 Å². The van der Waals surface area contributed by atoms with Gasteiger partial charge in [-0.3, -0.25) is 4.79 Å². The molecule has 1 aromatic carbocycles. The van der Waals surface area contributed by atoms with E-state index >= 15 is 0 Å². The molecule has 0 bridgehead atoms. The molecule has 15 heavy (non-hydrogen) atoms. The average molecular weight is 220 g/mol. The molecule has 1 heterocycles. The Kier molecular flexibility index (Phi) is 2.68. The number of nitrogens with zero attached hydrogens (tertiary/aromatic N) is 2. The van der Waals surface area contributed by atoms with Crippen LogP contribution in [0.4, 0.5) is 5.00 Å². The van der Waals surface area contributed by atoms with Gasteiger partial charge < -0.3 is 4.90 Å². The van der Waals surface area contributed by atoms with Crippen LogP contribution in [0.5, 0.6) is 0 Å². The molecule has 78 valence electrons. The third-order valence-electron chi connectivity index (χ3n) is 2.35. The van der Waals surface area contributed by atoms with Crippen molar-refractivity contribution in [2.75, 3.05) is 11.9 Å². The molecule has 0 unspecified atom stereocenters. The first-order chi connectivity index (χ1) is 7.24. The van der Waals surface area contributed by atoms with Crippen LogP contribution in [0.25, 0.3) is 10.9 Å². The quantitative estimate of drug-likeness (QED) is 0.779. The molecule has 0 fully saturated rings. The second-order valence-electron chi connectivity index (χ2n) is 3.31. The summed E-state index contributed by atoms with van der Waals surface area (Å²) in [6.07, 6.45) is 0.517. The van der Waals surface area contributed by atoms with Crippen LogP contribution in [0.2, 0.25) is 0 Å². The van der Waals surface area contributed by atoms with E-state index in [4.69, 9.17) is 0 Å². The number of fused-ring (bicyclic) bond motifs is 1. The van der Waals surface area contributed by atoms with E-state index in [1.54, 1.807) is 11.9 Å². The monoisotopic (exact) mass is 220 g/mol. The summed E-state index contributed by atoms with van der Waals surface area (Å²) in [5, 5.41) is 1.98. The normalized spacial score (nSPS) is 10.5. The summed E-state index contributed by atoms with van der Waals surface area (Å²) in [6.45, 7) is 1.86. The Morgan fingerprint density at radius 3 is 2.93 bits per heavy atom. The molecule has 0 saturated heterocycles. The molecule has 1 aromatic heterocycles. The Balaban J connectivity index is 2.48. The molecule has 0 saturated carbocycles. The molecule has 1 amide bonds. The van der Waals surface area contributed by atoms with Gasteiger partial charge in [0.25, 0.3) is 0 Å². The number of benzene rings is 1. The van der Waals surface area contributed by atoms with E-state index in [1.165, 1.54) is 11.5 Å². The van der Waals surface area contributed by atoms with Crippen LogP contribution >= 0.6 is 11.5 Å². The maximum absolute atomic E-state index is 11.6. The topological polar surface area (TPSA) is 33.2 Å². The lowest BCUT2D eigenvalue weighted by Crippen LogP contribution is -2.24. The lowest BCUT2D eigenvalue weighted by molar-refractivity contribution is -0.117. The highest BCUT2D eigenvalue weighted by molar-refractivity contribution is 7.12. The highest BCUT2D eigenvalue weighted by Crippen LogP contribution is 2.30. The summed E-state index contributed by atoms with van der Waals surface area (Å²) in [7, 11) is 1.80. The van der Waals surface area contributed by atoms with E-state index in [-0.39, 0.29) is 5.91 Å². The first-order valence-corrected chi connectivity index (χ1v) is 5.62. The summed E-state index contributed by atoms with van der Waals surface area (Å²) in [5.74, 6) is 0.115. The van der Waals surface area contributed by atoms with Crippen LogP contribution in [0.1, 0.15) is 13.3 Å². The zero-order valence-electron chi connectivity index (χ0n) is 8.73. The predicted molar refractivity (Wildman–Crippen MR) is 63.3 cm³/mol. The number of carbonyl (C=O) groups is 1. The highest BCUT2D eigenvalue weighted by Gasteiger charge is 2.14. The predicted octanol–water partition coefficient (Wildman–Crippen LogP) is 2.67. The number of amides is 1. The summed E-state index contributed by atoms with van der Waals surface area (Å²) in [5.41, 5.74) is 0.952. The minimum Gasteiger partial charge on any atom is -0.305 e. The number of hydrogen-bond donors (Lipinski definition) is 0. The maximum atomic E-state index is 11.6. The number of hydrogen-bond acceptors (Lipinski definition) is 3. The Labute approximate surface area is 92.5 Å². The molecule has 3 nitrogen and oxygen atoms in total. The van der Waals surface area contributed by atoms with Gasteiger partial charge in [0.15, 0.2) is 0 Å². The first kappa shape index (κ1) is 10.1. The van der Waals surface area contributed by atoms with E-state index in [1.807, 2.05) is 31.2 Å². The van der Waals surface area contributed by atoms with Gasteiger partial charge in [-0.1, -0.05) is 19.1 Å². The lowest BCUT2D eigenvalue weighted by Gasteiger charge is -2.13. The third-order valence-corrected chi connectivity index (χ3v) is 3.30. The minimum absolute atomic E-state index is 0.115. The number of rotatable bonds is 2. The SMILES string of the molecule is CCC(=O)N(C)c1snc2ccccc12. The average Bonchev–Trinajstić information content (AvgIpc) is 2.70. The Hall–Kier alpha value is -1.42. The molecular weight excluding hydrogens is 208 g/mol. The Bertz CT molecular complexity index is 492. The van der Waals surface area contributed by atoms with Crippen molar-refractivity contribution in [3.05, 3.63) is 24.3 Å². The summed E-state index contributed by atoms with van der Waals surface area (Å²) in [4.78, 5) is 13.2. The smallest absolute Gasteiger partial charge is 0.227 e. The van der Waals surface area contributed by atoms with Crippen LogP contribution in [0, 0.1) is 0 Å². The van der Waals surface area contributed by atoms with Gasteiger partial charge in [-0.15, -0.1) is 0 Å². The highest BCUT2D eigenvalue weighted by atomic mass is 32.1. The van der Waals surface area contributed by atoms with Gasteiger partial charge in [0.05, 0.1) is 5.52 Å². The standard InChI is InChI=1S/C11H12N2OS/c1-3-10(14)13(2)11-8-6-4-5-7-9(8)12-15-11/h4-7H,3H2,1-2H3. The molecule has 0 atom stereocenters. The van der Waals surface area contributed by atoms with Gasteiger partial charge in [-0.05, 0) is 23.7 Å². The molecule has 0 aliphatic heterocycles.